The smallest absolute Gasteiger partial charge is 0.244 e. The highest BCUT2D eigenvalue weighted by Gasteiger charge is 2.17. The van der Waals surface area contributed by atoms with E-state index in [1.165, 1.54) is 11.8 Å². The van der Waals surface area contributed by atoms with Crippen LogP contribution in [0.5, 0.6) is 0 Å². The topological polar surface area (TPSA) is 49.4 Å². The average Bonchev–Trinajstić information content (AvgIpc) is 2.48. The Hall–Kier alpha value is -2.62. The standard InChI is InChI=1S/C19H22N2O2/c1-13-7-5-10-17(11-13)21(16(4)22)12-18(23)20-19-14(2)8-6-9-15(19)3/h5-11H,12H2,1-4H3,(H,20,23). The van der Waals surface area contributed by atoms with Crippen LogP contribution in [0.2, 0.25) is 0 Å². The van der Waals surface area contributed by atoms with Crippen molar-refractivity contribution >= 4 is 23.2 Å². The van der Waals surface area contributed by atoms with Gasteiger partial charge < -0.3 is 10.2 Å². The Kier molecular flexibility index (Phi) is 5.16. The summed E-state index contributed by atoms with van der Waals surface area (Å²) < 4.78 is 0. The largest absolute Gasteiger partial charge is 0.324 e. The summed E-state index contributed by atoms with van der Waals surface area (Å²) in [6.07, 6.45) is 0. The van der Waals surface area contributed by atoms with E-state index in [2.05, 4.69) is 5.32 Å². The average molecular weight is 310 g/mol. The molecule has 0 heterocycles. The van der Waals surface area contributed by atoms with Crippen molar-refractivity contribution in [2.45, 2.75) is 27.7 Å². The van der Waals surface area contributed by atoms with Gasteiger partial charge in [0.1, 0.15) is 6.54 Å². The van der Waals surface area contributed by atoms with E-state index in [9.17, 15) is 9.59 Å². The number of rotatable bonds is 4. The lowest BCUT2D eigenvalue weighted by molar-refractivity contribution is -0.120. The fraction of sp³-hybridized carbons (Fsp3) is 0.263. The van der Waals surface area contributed by atoms with Crippen molar-refractivity contribution in [3.05, 3.63) is 59.2 Å². The highest BCUT2D eigenvalue weighted by Crippen LogP contribution is 2.20. The molecule has 1 N–H and O–H groups in total. The maximum Gasteiger partial charge on any atom is 0.244 e. The Morgan fingerprint density at radius 3 is 2.17 bits per heavy atom. The van der Waals surface area contributed by atoms with E-state index < -0.39 is 0 Å². The molecule has 0 radical (unpaired) electrons. The monoisotopic (exact) mass is 310 g/mol. The van der Waals surface area contributed by atoms with Crippen LogP contribution in [-0.2, 0) is 9.59 Å². The van der Waals surface area contributed by atoms with Gasteiger partial charge in [-0.25, -0.2) is 0 Å². The van der Waals surface area contributed by atoms with Crippen LogP contribution < -0.4 is 10.2 Å². The number of nitrogens with one attached hydrogen (secondary N) is 1. The number of amides is 2. The van der Waals surface area contributed by atoms with Crippen molar-refractivity contribution in [1.82, 2.24) is 0 Å². The zero-order valence-corrected chi connectivity index (χ0v) is 14.0. The molecule has 0 unspecified atom stereocenters. The molecule has 120 valence electrons. The number of anilines is 2. The molecule has 0 spiro atoms. The Bertz CT molecular complexity index is 718. The van der Waals surface area contributed by atoms with Gasteiger partial charge in [0, 0.05) is 18.3 Å². The number of carbonyl (C=O) groups is 2. The zero-order valence-electron chi connectivity index (χ0n) is 14.0. The first-order valence-electron chi connectivity index (χ1n) is 7.59. The summed E-state index contributed by atoms with van der Waals surface area (Å²) in [5.74, 6) is -0.369. The second kappa shape index (κ2) is 7.09. The van der Waals surface area contributed by atoms with Gasteiger partial charge in [-0.2, -0.15) is 0 Å². The maximum atomic E-state index is 12.4. The summed E-state index contributed by atoms with van der Waals surface area (Å²) in [5, 5.41) is 2.92. The molecule has 0 saturated carbocycles. The number of hydrogen-bond donors (Lipinski definition) is 1. The first-order chi connectivity index (χ1) is 10.9. The normalized spacial score (nSPS) is 10.3. The molecule has 2 rings (SSSR count). The molecule has 4 nitrogen and oxygen atoms in total. The van der Waals surface area contributed by atoms with Gasteiger partial charge in [-0.05, 0) is 49.6 Å². The molecule has 0 aliphatic rings. The van der Waals surface area contributed by atoms with Crippen molar-refractivity contribution in [1.29, 1.82) is 0 Å². The summed E-state index contributed by atoms with van der Waals surface area (Å²) in [5.41, 5.74) is 4.59. The predicted molar refractivity (Wildman–Crippen MR) is 93.8 cm³/mol. The molecule has 23 heavy (non-hydrogen) atoms. The van der Waals surface area contributed by atoms with E-state index >= 15 is 0 Å². The number of para-hydroxylation sites is 1. The van der Waals surface area contributed by atoms with Gasteiger partial charge >= 0.3 is 0 Å². The van der Waals surface area contributed by atoms with Gasteiger partial charge in [0.2, 0.25) is 11.8 Å². The molecular weight excluding hydrogens is 288 g/mol. The Morgan fingerprint density at radius 2 is 1.61 bits per heavy atom. The van der Waals surface area contributed by atoms with Gasteiger partial charge in [-0.15, -0.1) is 0 Å². The molecule has 0 aliphatic heterocycles. The third-order valence-corrected chi connectivity index (χ3v) is 3.74. The van der Waals surface area contributed by atoms with Gasteiger partial charge in [0.15, 0.2) is 0 Å². The highest BCUT2D eigenvalue weighted by molar-refractivity contribution is 6.02. The van der Waals surface area contributed by atoms with Crippen molar-refractivity contribution in [3.8, 4) is 0 Å². The van der Waals surface area contributed by atoms with E-state index in [0.29, 0.717) is 0 Å². The number of aryl methyl sites for hydroxylation is 3. The molecule has 4 heteroatoms. The number of nitrogens with zero attached hydrogens (tertiary/aromatic N) is 1. The lowest BCUT2D eigenvalue weighted by Crippen LogP contribution is -2.36. The van der Waals surface area contributed by atoms with Gasteiger partial charge in [0.05, 0.1) is 0 Å². The molecule has 0 aliphatic carbocycles. The third-order valence-electron chi connectivity index (χ3n) is 3.74. The minimum absolute atomic E-state index is 0.00738. The molecule has 2 aromatic rings. The Labute approximate surface area is 137 Å². The molecule has 0 atom stereocenters. The minimum Gasteiger partial charge on any atom is -0.324 e. The third kappa shape index (κ3) is 4.19. The van der Waals surface area contributed by atoms with E-state index in [0.717, 1.165) is 28.1 Å². The Morgan fingerprint density at radius 1 is 1.00 bits per heavy atom. The van der Waals surface area contributed by atoms with Gasteiger partial charge in [-0.3, -0.25) is 9.59 Å². The predicted octanol–water partition coefficient (Wildman–Crippen LogP) is 3.60. The van der Waals surface area contributed by atoms with Crippen molar-refractivity contribution in [3.63, 3.8) is 0 Å². The van der Waals surface area contributed by atoms with Crippen molar-refractivity contribution in [2.75, 3.05) is 16.8 Å². The quantitative estimate of drug-likeness (QED) is 0.938. The van der Waals surface area contributed by atoms with Crippen LogP contribution in [-0.4, -0.2) is 18.4 Å². The van der Waals surface area contributed by atoms with Crippen molar-refractivity contribution in [2.24, 2.45) is 0 Å². The summed E-state index contributed by atoms with van der Waals surface area (Å²) in [6.45, 7) is 7.32. The van der Waals surface area contributed by atoms with Crippen LogP contribution >= 0.6 is 0 Å². The number of benzene rings is 2. The SMILES string of the molecule is CC(=O)N(CC(=O)Nc1c(C)cccc1C)c1cccc(C)c1. The molecule has 0 aromatic heterocycles. The first-order valence-corrected chi connectivity index (χ1v) is 7.59. The fourth-order valence-electron chi connectivity index (χ4n) is 2.51. The summed E-state index contributed by atoms with van der Waals surface area (Å²) >= 11 is 0. The molecule has 2 aromatic carbocycles. The van der Waals surface area contributed by atoms with Gasteiger partial charge in [-0.1, -0.05) is 30.3 Å². The van der Waals surface area contributed by atoms with E-state index in [-0.39, 0.29) is 18.4 Å². The lowest BCUT2D eigenvalue weighted by atomic mass is 10.1. The summed E-state index contributed by atoms with van der Waals surface area (Å²) in [7, 11) is 0. The van der Waals surface area contributed by atoms with Crippen molar-refractivity contribution < 1.29 is 9.59 Å². The van der Waals surface area contributed by atoms with Crippen LogP contribution in [0, 0.1) is 20.8 Å². The Balaban J connectivity index is 2.18. The molecule has 0 saturated heterocycles. The molecular formula is C19H22N2O2. The second-order valence-electron chi connectivity index (χ2n) is 5.76. The van der Waals surface area contributed by atoms with Crippen LogP contribution in [0.15, 0.2) is 42.5 Å². The zero-order chi connectivity index (χ0) is 17.0. The number of hydrogen-bond acceptors (Lipinski definition) is 2. The molecule has 0 bridgehead atoms. The number of carbonyl (C=O) groups excluding carboxylic acids is 2. The lowest BCUT2D eigenvalue weighted by Gasteiger charge is -2.21. The van der Waals surface area contributed by atoms with Crippen LogP contribution in [0.1, 0.15) is 23.6 Å². The summed E-state index contributed by atoms with van der Waals surface area (Å²) in [6, 6.07) is 13.4. The van der Waals surface area contributed by atoms with Gasteiger partial charge in [0.25, 0.3) is 0 Å². The van der Waals surface area contributed by atoms with Crippen LogP contribution in [0.4, 0.5) is 11.4 Å². The van der Waals surface area contributed by atoms with E-state index in [4.69, 9.17) is 0 Å². The first kappa shape index (κ1) is 16.7. The van der Waals surface area contributed by atoms with E-state index in [1.807, 2.05) is 63.2 Å². The maximum absolute atomic E-state index is 12.4. The second-order valence-corrected chi connectivity index (χ2v) is 5.76. The minimum atomic E-state index is -0.209. The summed E-state index contributed by atoms with van der Waals surface area (Å²) in [4.78, 5) is 25.8. The van der Waals surface area contributed by atoms with Crippen LogP contribution in [0.25, 0.3) is 0 Å². The fourth-order valence-corrected chi connectivity index (χ4v) is 2.51. The highest BCUT2D eigenvalue weighted by atomic mass is 16.2. The van der Waals surface area contributed by atoms with Crippen LogP contribution in [0.3, 0.4) is 0 Å². The van der Waals surface area contributed by atoms with E-state index in [1.54, 1.807) is 0 Å². The molecule has 2 amide bonds. The molecule has 0 fully saturated rings.